The molecule has 1 heterocycles. The van der Waals surface area contributed by atoms with Gasteiger partial charge in [-0.2, -0.15) is 0 Å². The lowest BCUT2D eigenvalue weighted by Crippen LogP contribution is -2.42. The Balaban J connectivity index is 2.15. The summed E-state index contributed by atoms with van der Waals surface area (Å²) >= 11 is 0. The van der Waals surface area contributed by atoms with Crippen molar-refractivity contribution in [1.29, 1.82) is 0 Å². The van der Waals surface area contributed by atoms with Gasteiger partial charge in [0.05, 0.1) is 5.54 Å². The Morgan fingerprint density at radius 3 is 3.21 bits per heavy atom. The molecular formula is C11H19N3. The van der Waals surface area contributed by atoms with E-state index >= 15 is 0 Å². The van der Waals surface area contributed by atoms with E-state index in [0.717, 1.165) is 24.6 Å². The summed E-state index contributed by atoms with van der Waals surface area (Å²) in [7, 11) is 0. The summed E-state index contributed by atoms with van der Waals surface area (Å²) in [4.78, 5) is 7.46. The van der Waals surface area contributed by atoms with Crippen LogP contribution in [0.2, 0.25) is 0 Å². The van der Waals surface area contributed by atoms with Crippen LogP contribution in [0.25, 0.3) is 0 Å². The lowest BCUT2D eigenvalue weighted by Gasteiger charge is -2.36. The Bertz CT molecular complexity index is 281. The predicted molar refractivity (Wildman–Crippen MR) is 56.7 cm³/mol. The molecule has 0 aromatic carbocycles. The molecule has 14 heavy (non-hydrogen) atoms. The molecule has 0 aliphatic heterocycles. The maximum absolute atomic E-state index is 6.40. The van der Waals surface area contributed by atoms with Crippen LogP contribution in [0.1, 0.15) is 44.9 Å². The number of aromatic nitrogens is 2. The molecule has 1 aliphatic rings. The van der Waals surface area contributed by atoms with E-state index in [4.69, 9.17) is 5.73 Å². The van der Waals surface area contributed by atoms with Crippen LogP contribution < -0.4 is 5.73 Å². The molecule has 0 bridgehead atoms. The van der Waals surface area contributed by atoms with Gasteiger partial charge in [0, 0.05) is 12.4 Å². The van der Waals surface area contributed by atoms with E-state index in [1.165, 1.54) is 19.3 Å². The van der Waals surface area contributed by atoms with Gasteiger partial charge >= 0.3 is 0 Å². The zero-order valence-electron chi connectivity index (χ0n) is 8.79. The first-order valence-corrected chi connectivity index (χ1v) is 5.53. The van der Waals surface area contributed by atoms with Crippen LogP contribution in [0.15, 0.2) is 12.4 Å². The first-order chi connectivity index (χ1) is 6.74. The lowest BCUT2D eigenvalue weighted by atomic mass is 9.75. The Morgan fingerprint density at radius 2 is 2.57 bits per heavy atom. The molecule has 3 heteroatoms. The van der Waals surface area contributed by atoms with Crippen LogP contribution in [0.5, 0.6) is 0 Å². The second-order valence-electron chi connectivity index (χ2n) is 4.46. The molecule has 0 saturated heterocycles. The molecule has 0 amide bonds. The highest BCUT2D eigenvalue weighted by molar-refractivity contribution is 5.07. The number of nitrogens with two attached hydrogens (primary N) is 1. The van der Waals surface area contributed by atoms with E-state index in [9.17, 15) is 0 Å². The van der Waals surface area contributed by atoms with E-state index < -0.39 is 0 Å². The minimum absolute atomic E-state index is 0.192. The zero-order valence-corrected chi connectivity index (χ0v) is 8.79. The van der Waals surface area contributed by atoms with Crippen molar-refractivity contribution in [3.63, 3.8) is 0 Å². The average Bonchev–Trinajstić information content (AvgIpc) is 2.71. The van der Waals surface area contributed by atoms with Crippen LogP contribution in [0.3, 0.4) is 0 Å². The van der Waals surface area contributed by atoms with Gasteiger partial charge in [0.25, 0.3) is 0 Å². The molecule has 1 aliphatic carbocycles. The van der Waals surface area contributed by atoms with E-state index in [1.807, 2.05) is 6.20 Å². The van der Waals surface area contributed by atoms with Gasteiger partial charge in [-0.25, -0.2) is 4.98 Å². The van der Waals surface area contributed by atoms with Crippen molar-refractivity contribution < 1.29 is 0 Å². The molecule has 0 spiro atoms. The Kier molecular flexibility index (Phi) is 2.59. The third kappa shape index (κ3) is 1.69. The van der Waals surface area contributed by atoms with Crippen molar-refractivity contribution in [2.45, 2.75) is 44.6 Å². The largest absolute Gasteiger partial charge is 0.347 e. The Labute approximate surface area is 85.1 Å². The Morgan fingerprint density at radius 1 is 1.71 bits per heavy atom. The topological polar surface area (TPSA) is 54.7 Å². The van der Waals surface area contributed by atoms with Crippen LogP contribution in [0, 0.1) is 5.92 Å². The van der Waals surface area contributed by atoms with Crippen LogP contribution in [-0.4, -0.2) is 9.97 Å². The molecule has 3 N–H and O–H groups in total. The first-order valence-electron chi connectivity index (χ1n) is 5.53. The minimum atomic E-state index is -0.192. The maximum Gasteiger partial charge on any atom is 0.126 e. The smallest absolute Gasteiger partial charge is 0.126 e. The second kappa shape index (κ2) is 3.73. The molecule has 1 fully saturated rings. The summed E-state index contributed by atoms with van der Waals surface area (Å²) < 4.78 is 0. The van der Waals surface area contributed by atoms with Gasteiger partial charge in [-0.1, -0.05) is 26.2 Å². The monoisotopic (exact) mass is 193 g/mol. The van der Waals surface area contributed by atoms with Gasteiger partial charge in [0.2, 0.25) is 0 Å². The number of hydrogen-bond acceptors (Lipinski definition) is 2. The van der Waals surface area contributed by atoms with E-state index in [2.05, 4.69) is 16.9 Å². The van der Waals surface area contributed by atoms with Gasteiger partial charge in [-0.05, 0) is 18.8 Å². The molecule has 2 atom stereocenters. The fraction of sp³-hybridized carbons (Fsp3) is 0.727. The molecule has 1 aromatic heterocycles. The first kappa shape index (κ1) is 9.71. The lowest BCUT2D eigenvalue weighted by molar-refractivity contribution is 0.212. The van der Waals surface area contributed by atoms with Crippen molar-refractivity contribution in [1.82, 2.24) is 9.97 Å². The maximum atomic E-state index is 6.40. The van der Waals surface area contributed by atoms with E-state index in [-0.39, 0.29) is 5.54 Å². The number of nitrogens with zero attached hydrogens (tertiary/aromatic N) is 1. The summed E-state index contributed by atoms with van der Waals surface area (Å²) in [6.07, 6.45) is 9.60. The van der Waals surface area contributed by atoms with Crippen molar-refractivity contribution in [3.05, 3.63) is 18.2 Å². The molecule has 0 unspecified atom stereocenters. The Hall–Kier alpha value is -0.830. The minimum Gasteiger partial charge on any atom is -0.347 e. The van der Waals surface area contributed by atoms with Crippen molar-refractivity contribution in [2.24, 2.45) is 11.7 Å². The summed E-state index contributed by atoms with van der Waals surface area (Å²) in [6, 6.07) is 0. The molecule has 3 nitrogen and oxygen atoms in total. The number of rotatable bonds is 2. The highest BCUT2D eigenvalue weighted by Crippen LogP contribution is 2.37. The van der Waals surface area contributed by atoms with Gasteiger partial charge in [-0.15, -0.1) is 0 Å². The van der Waals surface area contributed by atoms with Crippen LogP contribution in [0.4, 0.5) is 0 Å². The van der Waals surface area contributed by atoms with Crippen LogP contribution >= 0.6 is 0 Å². The van der Waals surface area contributed by atoms with Gasteiger partial charge in [0.1, 0.15) is 5.82 Å². The fourth-order valence-electron chi connectivity index (χ4n) is 2.53. The zero-order chi connectivity index (χ0) is 10.0. The average molecular weight is 193 g/mol. The van der Waals surface area contributed by atoms with E-state index in [1.54, 1.807) is 6.20 Å². The molecule has 1 saturated carbocycles. The number of nitrogens with one attached hydrogen (secondary N) is 1. The van der Waals surface area contributed by atoms with Crippen molar-refractivity contribution in [2.75, 3.05) is 0 Å². The predicted octanol–water partition coefficient (Wildman–Crippen LogP) is 2.16. The molecule has 0 radical (unpaired) electrons. The SMILES string of the molecule is CC[C@@H]1CCC[C@](N)(c2ncc[nH]2)C1. The normalized spacial score (nSPS) is 33.1. The second-order valence-corrected chi connectivity index (χ2v) is 4.46. The quantitative estimate of drug-likeness (QED) is 0.756. The summed E-state index contributed by atoms with van der Waals surface area (Å²) in [5, 5.41) is 0. The van der Waals surface area contributed by atoms with Gasteiger partial charge in [0.15, 0.2) is 0 Å². The highest BCUT2D eigenvalue weighted by atomic mass is 15.0. The number of aromatic amines is 1. The molecule has 78 valence electrons. The number of H-pyrrole nitrogens is 1. The van der Waals surface area contributed by atoms with Crippen molar-refractivity contribution in [3.8, 4) is 0 Å². The molecule has 1 aromatic rings. The summed E-state index contributed by atoms with van der Waals surface area (Å²) in [5.74, 6) is 1.74. The number of hydrogen-bond donors (Lipinski definition) is 2. The van der Waals surface area contributed by atoms with E-state index in [0.29, 0.717) is 0 Å². The highest BCUT2D eigenvalue weighted by Gasteiger charge is 2.35. The third-order valence-corrected chi connectivity index (χ3v) is 3.44. The van der Waals surface area contributed by atoms with Gasteiger partial charge in [-0.3, -0.25) is 0 Å². The summed E-state index contributed by atoms with van der Waals surface area (Å²) in [6.45, 7) is 2.25. The standard InChI is InChI=1S/C11H19N3/c1-2-9-4-3-5-11(12,8-9)10-13-6-7-14-10/h6-7,9H,2-5,8,12H2,1H3,(H,13,14)/t9-,11-/m1/s1. The number of imidazole rings is 1. The summed E-state index contributed by atoms with van der Waals surface area (Å²) in [5.41, 5.74) is 6.20. The molecule has 2 rings (SSSR count). The fourth-order valence-corrected chi connectivity index (χ4v) is 2.53. The van der Waals surface area contributed by atoms with Crippen molar-refractivity contribution >= 4 is 0 Å². The van der Waals surface area contributed by atoms with Gasteiger partial charge < -0.3 is 10.7 Å². The van der Waals surface area contributed by atoms with Crippen LogP contribution in [-0.2, 0) is 5.54 Å². The third-order valence-electron chi connectivity index (χ3n) is 3.44. The molecular weight excluding hydrogens is 174 g/mol.